The van der Waals surface area contributed by atoms with E-state index in [9.17, 15) is 8.42 Å². The molecule has 1 fully saturated rings. The number of nitrogens with zero attached hydrogens (tertiary/aromatic N) is 2. The minimum Gasteiger partial charge on any atom is -0.302 e. The zero-order chi connectivity index (χ0) is 14.8. The zero-order valence-electron chi connectivity index (χ0n) is 11.7. The van der Waals surface area contributed by atoms with Crippen molar-refractivity contribution in [3.63, 3.8) is 0 Å². The predicted molar refractivity (Wildman–Crippen MR) is 79.1 cm³/mol. The number of sulfonamides is 1. The molecule has 0 spiro atoms. The maximum Gasteiger partial charge on any atom is 0.250 e. The van der Waals surface area contributed by atoms with Crippen molar-refractivity contribution in [1.29, 1.82) is 5.26 Å². The van der Waals surface area contributed by atoms with Gasteiger partial charge in [-0.25, -0.2) is 13.1 Å². The van der Waals surface area contributed by atoms with Crippen LogP contribution >= 0.6 is 11.3 Å². The molecule has 0 aromatic carbocycles. The SMILES string of the molecule is CN(C)C1(CNS(=O)(=O)c2ccc(C#N)s2)CCCC1. The molecule has 0 amide bonds. The van der Waals surface area contributed by atoms with Gasteiger partial charge >= 0.3 is 0 Å². The topological polar surface area (TPSA) is 73.2 Å². The van der Waals surface area contributed by atoms with Crippen LogP contribution in [0.1, 0.15) is 30.6 Å². The molecule has 1 heterocycles. The highest BCUT2D eigenvalue weighted by Gasteiger charge is 2.37. The van der Waals surface area contributed by atoms with Crippen molar-refractivity contribution in [3.05, 3.63) is 17.0 Å². The minimum absolute atomic E-state index is 0.0810. The molecule has 2 rings (SSSR count). The summed E-state index contributed by atoms with van der Waals surface area (Å²) in [6.07, 6.45) is 4.29. The van der Waals surface area contributed by atoms with Crippen LogP contribution < -0.4 is 4.72 Å². The van der Waals surface area contributed by atoms with Crippen LogP contribution in [-0.4, -0.2) is 39.5 Å². The summed E-state index contributed by atoms with van der Waals surface area (Å²) in [5, 5.41) is 8.77. The Morgan fingerprint density at radius 1 is 1.40 bits per heavy atom. The summed E-state index contributed by atoms with van der Waals surface area (Å²) in [5.41, 5.74) is -0.0810. The van der Waals surface area contributed by atoms with Gasteiger partial charge < -0.3 is 4.90 Å². The van der Waals surface area contributed by atoms with Crippen molar-refractivity contribution in [2.45, 2.75) is 35.4 Å². The fourth-order valence-corrected chi connectivity index (χ4v) is 4.91. The molecule has 0 atom stereocenters. The van der Waals surface area contributed by atoms with Crippen LogP contribution in [0.2, 0.25) is 0 Å². The van der Waals surface area contributed by atoms with Gasteiger partial charge in [-0.2, -0.15) is 5.26 Å². The van der Waals surface area contributed by atoms with E-state index in [1.165, 1.54) is 12.1 Å². The Kier molecular flexibility index (Phi) is 4.49. The molecule has 0 aliphatic heterocycles. The second-order valence-corrected chi connectivity index (χ2v) is 8.46. The van der Waals surface area contributed by atoms with E-state index in [-0.39, 0.29) is 9.75 Å². The van der Waals surface area contributed by atoms with Crippen LogP contribution in [-0.2, 0) is 10.0 Å². The van der Waals surface area contributed by atoms with Gasteiger partial charge in [-0.3, -0.25) is 0 Å². The molecule has 1 aliphatic carbocycles. The van der Waals surface area contributed by atoms with Crippen molar-refractivity contribution in [1.82, 2.24) is 9.62 Å². The normalized spacial score (nSPS) is 18.3. The Bertz CT molecular complexity index is 608. The van der Waals surface area contributed by atoms with E-state index in [0.717, 1.165) is 37.0 Å². The Hall–Kier alpha value is -0.940. The first kappa shape index (κ1) is 15.4. The van der Waals surface area contributed by atoms with Crippen LogP contribution in [0.4, 0.5) is 0 Å². The molecule has 0 unspecified atom stereocenters. The van der Waals surface area contributed by atoms with Gasteiger partial charge in [0.15, 0.2) is 0 Å². The third kappa shape index (κ3) is 3.04. The molecule has 7 heteroatoms. The number of rotatable bonds is 5. The monoisotopic (exact) mass is 313 g/mol. The number of thiophene rings is 1. The zero-order valence-corrected chi connectivity index (χ0v) is 13.4. The molecule has 1 aromatic heterocycles. The first-order chi connectivity index (χ1) is 9.39. The molecule has 0 radical (unpaired) electrons. The molecule has 0 saturated heterocycles. The van der Waals surface area contributed by atoms with Gasteiger partial charge in [0.1, 0.15) is 15.2 Å². The van der Waals surface area contributed by atoms with Gasteiger partial charge in [-0.1, -0.05) is 12.8 Å². The minimum atomic E-state index is -3.52. The first-order valence-corrected chi connectivity index (χ1v) is 8.87. The Morgan fingerprint density at radius 3 is 2.55 bits per heavy atom. The quantitative estimate of drug-likeness (QED) is 0.899. The van der Waals surface area contributed by atoms with Crippen LogP contribution in [0.3, 0.4) is 0 Å². The van der Waals surface area contributed by atoms with Gasteiger partial charge in [-0.05, 0) is 39.1 Å². The van der Waals surface area contributed by atoms with E-state index >= 15 is 0 Å². The molecular formula is C13H19N3O2S2. The maximum absolute atomic E-state index is 12.3. The standard InChI is InChI=1S/C13H19N3O2S2/c1-16(2)13(7-3-4-8-13)10-15-20(17,18)12-6-5-11(9-14)19-12/h5-6,15H,3-4,7-8,10H2,1-2H3. The molecule has 1 aliphatic rings. The Labute approximate surface area is 124 Å². The highest BCUT2D eigenvalue weighted by atomic mass is 32.2. The van der Waals surface area contributed by atoms with Crippen molar-refractivity contribution >= 4 is 21.4 Å². The van der Waals surface area contributed by atoms with Crippen molar-refractivity contribution < 1.29 is 8.42 Å². The number of hydrogen-bond donors (Lipinski definition) is 1. The van der Waals surface area contributed by atoms with E-state index in [1.54, 1.807) is 0 Å². The van der Waals surface area contributed by atoms with E-state index in [0.29, 0.717) is 11.4 Å². The van der Waals surface area contributed by atoms with Gasteiger partial charge in [0.25, 0.3) is 0 Å². The third-order valence-electron chi connectivity index (χ3n) is 4.03. The van der Waals surface area contributed by atoms with E-state index in [1.807, 2.05) is 20.2 Å². The van der Waals surface area contributed by atoms with E-state index in [4.69, 9.17) is 5.26 Å². The summed E-state index contributed by atoms with van der Waals surface area (Å²) in [7, 11) is 0.479. The van der Waals surface area contributed by atoms with Crippen molar-refractivity contribution in [3.8, 4) is 6.07 Å². The van der Waals surface area contributed by atoms with Crippen LogP contribution in [0, 0.1) is 11.3 Å². The summed E-state index contributed by atoms with van der Waals surface area (Å²) in [5.74, 6) is 0. The third-order valence-corrected chi connectivity index (χ3v) is 6.91. The molecule has 1 N–H and O–H groups in total. The number of nitrogens with one attached hydrogen (secondary N) is 1. The maximum atomic E-state index is 12.3. The summed E-state index contributed by atoms with van der Waals surface area (Å²) >= 11 is 1.00. The summed E-state index contributed by atoms with van der Waals surface area (Å²) in [4.78, 5) is 2.53. The van der Waals surface area contributed by atoms with Gasteiger partial charge in [0, 0.05) is 12.1 Å². The summed E-state index contributed by atoms with van der Waals surface area (Å²) in [6, 6.07) is 4.99. The lowest BCUT2D eigenvalue weighted by Gasteiger charge is -2.36. The highest BCUT2D eigenvalue weighted by Crippen LogP contribution is 2.33. The Balaban J connectivity index is 2.11. The van der Waals surface area contributed by atoms with Gasteiger partial charge in [0.05, 0.1) is 0 Å². The molecule has 110 valence electrons. The fourth-order valence-electron chi connectivity index (χ4n) is 2.64. The lowest BCUT2D eigenvalue weighted by molar-refractivity contribution is 0.162. The van der Waals surface area contributed by atoms with Crippen LogP contribution in [0.5, 0.6) is 0 Å². The highest BCUT2D eigenvalue weighted by molar-refractivity contribution is 7.91. The molecule has 1 aromatic rings. The predicted octanol–water partition coefficient (Wildman–Crippen LogP) is 1.77. The fraction of sp³-hybridized carbons (Fsp3) is 0.615. The number of nitriles is 1. The van der Waals surface area contributed by atoms with E-state index < -0.39 is 10.0 Å². The summed E-state index contributed by atoms with van der Waals surface area (Å²) in [6.45, 7) is 0.419. The van der Waals surface area contributed by atoms with Gasteiger partial charge in [0.2, 0.25) is 10.0 Å². The van der Waals surface area contributed by atoms with Crippen LogP contribution in [0.15, 0.2) is 16.3 Å². The summed E-state index contributed by atoms with van der Waals surface area (Å²) < 4.78 is 27.4. The van der Waals surface area contributed by atoms with Crippen LogP contribution in [0.25, 0.3) is 0 Å². The smallest absolute Gasteiger partial charge is 0.250 e. The average molecular weight is 313 g/mol. The van der Waals surface area contributed by atoms with Crippen molar-refractivity contribution in [2.75, 3.05) is 20.6 Å². The first-order valence-electron chi connectivity index (χ1n) is 6.57. The number of hydrogen-bond acceptors (Lipinski definition) is 5. The van der Waals surface area contributed by atoms with Crippen molar-refractivity contribution in [2.24, 2.45) is 0 Å². The molecular weight excluding hydrogens is 294 g/mol. The lowest BCUT2D eigenvalue weighted by atomic mass is 9.97. The number of likely N-dealkylation sites (N-methyl/N-ethyl adjacent to an activating group) is 1. The molecule has 0 bridgehead atoms. The molecule has 20 heavy (non-hydrogen) atoms. The molecule has 5 nitrogen and oxygen atoms in total. The Morgan fingerprint density at radius 2 is 2.05 bits per heavy atom. The largest absolute Gasteiger partial charge is 0.302 e. The van der Waals surface area contributed by atoms with E-state index in [2.05, 4.69) is 9.62 Å². The molecule has 1 saturated carbocycles. The lowest BCUT2D eigenvalue weighted by Crippen LogP contribution is -2.50. The average Bonchev–Trinajstić information content (AvgIpc) is 3.06. The second-order valence-electron chi connectivity index (χ2n) is 5.38. The van der Waals surface area contributed by atoms with Gasteiger partial charge in [-0.15, -0.1) is 11.3 Å². The second kappa shape index (κ2) is 5.82.